The molecule has 0 aromatic heterocycles. The zero-order chi connectivity index (χ0) is 18.0. The topological polar surface area (TPSA) is 107 Å². The molecule has 25 heavy (non-hydrogen) atoms. The van der Waals surface area contributed by atoms with Gasteiger partial charge in [0.1, 0.15) is 0 Å². The number of fused-ring (bicyclic) bond motifs is 1. The minimum atomic E-state index is -3.09. The average molecular weight is 381 g/mol. The zero-order valence-corrected chi connectivity index (χ0v) is 15.0. The van der Waals surface area contributed by atoms with E-state index in [1.54, 1.807) is 0 Å². The number of carbonyl (C=O) groups excluding carboxylic acids is 2. The Labute approximate surface area is 150 Å². The molecule has 0 N–H and O–H groups in total. The SMILES string of the molecule is O=C([O-])CCC(=O)N=C1S[C@@H]2CS(=O)(=O)C[C@H]2N1Cc1ccccc1. The molecule has 0 aliphatic carbocycles. The standard InChI is InChI=1S/C16H18N2O5S2/c19-14(6-7-15(20)21)17-16-18(8-11-4-2-1-3-5-11)12-9-25(22,23)10-13(12)24-16/h1-5,12-13H,6-10H2,(H,20,21)/p-1/t12-,13-/m1/s1. The van der Waals surface area contributed by atoms with Crippen molar-refractivity contribution in [1.82, 2.24) is 4.90 Å². The van der Waals surface area contributed by atoms with Gasteiger partial charge in [-0.3, -0.25) is 4.79 Å². The van der Waals surface area contributed by atoms with Crippen LogP contribution in [0.3, 0.4) is 0 Å². The van der Waals surface area contributed by atoms with E-state index < -0.39 is 21.7 Å². The number of carbonyl (C=O) groups is 2. The summed E-state index contributed by atoms with van der Waals surface area (Å²) in [5.74, 6) is -1.71. The summed E-state index contributed by atoms with van der Waals surface area (Å²) in [6, 6.07) is 9.31. The number of thioether (sulfide) groups is 1. The third kappa shape index (κ3) is 4.40. The molecule has 2 saturated heterocycles. The fourth-order valence-electron chi connectivity index (χ4n) is 2.97. The third-order valence-corrected chi connectivity index (χ3v) is 7.38. The lowest BCUT2D eigenvalue weighted by Crippen LogP contribution is -2.37. The number of nitrogens with zero attached hydrogens (tertiary/aromatic N) is 2. The van der Waals surface area contributed by atoms with Crippen molar-refractivity contribution in [3.05, 3.63) is 35.9 Å². The molecule has 0 saturated carbocycles. The number of carboxylic acids is 1. The minimum Gasteiger partial charge on any atom is -0.550 e. The maximum atomic E-state index is 11.9. The maximum absolute atomic E-state index is 11.9. The lowest BCUT2D eigenvalue weighted by molar-refractivity contribution is -0.305. The van der Waals surface area contributed by atoms with E-state index in [4.69, 9.17) is 0 Å². The summed E-state index contributed by atoms with van der Waals surface area (Å²) in [4.78, 5) is 28.3. The number of sulfone groups is 1. The predicted molar refractivity (Wildman–Crippen MR) is 92.5 cm³/mol. The van der Waals surface area contributed by atoms with Crippen molar-refractivity contribution in [2.75, 3.05) is 11.5 Å². The van der Waals surface area contributed by atoms with Gasteiger partial charge in [0, 0.05) is 24.2 Å². The molecule has 2 fully saturated rings. The molecule has 2 heterocycles. The van der Waals surface area contributed by atoms with Crippen LogP contribution in [-0.2, 0) is 26.0 Å². The summed E-state index contributed by atoms with van der Waals surface area (Å²) in [5, 5.41) is 10.8. The van der Waals surface area contributed by atoms with E-state index in [2.05, 4.69) is 4.99 Å². The Morgan fingerprint density at radius 3 is 2.60 bits per heavy atom. The summed E-state index contributed by atoms with van der Waals surface area (Å²) in [7, 11) is -3.09. The van der Waals surface area contributed by atoms with Gasteiger partial charge in [-0.05, 0) is 12.0 Å². The predicted octanol–water partition coefficient (Wildman–Crippen LogP) is -0.186. The number of amides is 1. The van der Waals surface area contributed by atoms with E-state index in [9.17, 15) is 23.1 Å². The number of rotatable bonds is 5. The maximum Gasteiger partial charge on any atom is 0.248 e. The van der Waals surface area contributed by atoms with Crippen LogP contribution in [0.25, 0.3) is 0 Å². The van der Waals surface area contributed by atoms with Crippen LogP contribution in [0.2, 0.25) is 0 Å². The second-order valence-corrected chi connectivity index (χ2v) is 9.43. The smallest absolute Gasteiger partial charge is 0.248 e. The monoisotopic (exact) mass is 381 g/mol. The second kappa shape index (κ2) is 7.17. The van der Waals surface area contributed by atoms with E-state index in [-0.39, 0.29) is 35.6 Å². The van der Waals surface area contributed by atoms with E-state index in [1.165, 1.54) is 11.8 Å². The van der Waals surface area contributed by atoms with Crippen molar-refractivity contribution >= 4 is 38.6 Å². The van der Waals surface area contributed by atoms with Gasteiger partial charge in [-0.2, -0.15) is 4.99 Å². The summed E-state index contributed by atoms with van der Waals surface area (Å²) in [5.41, 5.74) is 0.989. The first-order valence-electron chi connectivity index (χ1n) is 7.83. The van der Waals surface area contributed by atoms with Gasteiger partial charge >= 0.3 is 0 Å². The fraction of sp³-hybridized carbons (Fsp3) is 0.438. The van der Waals surface area contributed by atoms with Crippen molar-refractivity contribution in [3.63, 3.8) is 0 Å². The Bertz CT molecular complexity index is 807. The largest absolute Gasteiger partial charge is 0.550 e. The molecule has 1 aromatic carbocycles. The number of hydrogen-bond acceptors (Lipinski definition) is 6. The highest BCUT2D eigenvalue weighted by atomic mass is 32.2. The molecule has 134 valence electrons. The molecule has 0 spiro atoms. The van der Waals surface area contributed by atoms with Crippen molar-refractivity contribution < 1.29 is 23.1 Å². The molecule has 0 bridgehead atoms. The number of benzene rings is 1. The van der Waals surface area contributed by atoms with Crippen LogP contribution in [0.4, 0.5) is 0 Å². The Kier molecular flexibility index (Phi) is 5.14. The van der Waals surface area contributed by atoms with Crippen LogP contribution in [0.15, 0.2) is 35.3 Å². The summed E-state index contributed by atoms with van der Waals surface area (Å²) in [6.45, 7) is 0.455. The van der Waals surface area contributed by atoms with Gasteiger partial charge in [0.2, 0.25) is 5.91 Å². The van der Waals surface area contributed by atoms with Gasteiger partial charge < -0.3 is 14.8 Å². The van der Waals surface area contributed by atoms with Gasteiger partial charge in [-0.15, -0.1) is 0 Å². The van der Waals surface area contributed by atoms with Crippen LogP contribution in [-0.4, -0.2) is 53.2 Å². The molecule has 2 atom stereocenters. The van der Waals surface area contributed by atoms with Gasteiger partial charge in [0.15, 0.2) is 15.0 Å². The van der Waals surface area contributed by atoms with E-state index in [0.717, 1.165) is 5.56 Å². The third-order valence-electron chi connectivity index (χ3n) is 4.13. The lowest BCUT2D eigenvalue weighted by Gasteiger charge is -2.24. The van der Waals surface area contributed by atoms with E-state index in [1.807, 2.05) is 35.2 Å². The van der Waals surface area contributed by atoms with Gasteiger partial charge in [-0.1, -0.05) is 42.1 Å². The van der Waals surface area contributed by atoms with Crippen molar-refractivity contribution in [3.8, 4) is 0 Å². The highest BCUT2D eigenvalue weighted by Gasteiger charge is 2.48. The quantitative estimate of drug-likeness (QED) is 0.696. The van der Waals surface area contributed by atoms with Crippen LogP contribution in [0.1, 0.15) is 18.4 Å². The summed E-state index contributed by atoms with van der Waals surface area (Å²) < 4.78 is 23.9. The molecule has 3 rings (SSSR count). The van der Waals surface area contributed by atoms with Crippen molar-refractivity contribution in [2.24, 2.45) is 4.99 Å². The molecule has 1 aromatic rings. The normalized spacial score (nSPS) is 25.9. The van der Waals surface area contributed by atoms with Crippen LogP contribution >= 0.6 is 11.8 Å². The Balaban J connectivity index is 1.81. The minimum absolute atomic E-state index is 0.0454. The molecule has 7 nitrogen and oxygen atoms in total. The van der Waals surface area contributed by atoms with Gasteiger partial charge in [0.05, 0.1) is 17.5 Å². The van der Waals surface area contributed by atoms with Crippen LogP contribution in [0.5, 0.6) is 0 Å². The summed E-state index contributed by atoms with van der Waals surface area (Å²) in [6.07, 6.45) is -0.598. The van der Waals surface area contributed by atoms with Crippen LogP contribution in [0, 0.1) is 0 Å². The van der Waals surface area contributed by atoms with Gasteiger partial charge in [0.25, 0.3) is 0 Å². The molecule has 0 unspecified atom stereocenters. The van der Waals surface area contributed by atoms with Crippen LogP contribution < -0.4 is 5.11 Å². The lowest BCUT2D eigenvalue weighted by atomic mass is 10.1. The number of amidine groups is 1. The molecular formula is C16H17N2O5S2-. The Morgan fingerprint density at radius 2 is 1.92 bits per heavy atom. The number of aliphatic carboxylic acids is 1. The highest BCUT2D eigenvalue weighted by Crippen LogP contribution is 2.39. The first kappa shape index (κ1) is 17.9. The van der Waals surface area contributed by atoms with E-state index in [0.29, 0.717) is 11.7 Å². The van der Waals surface area contributed by atoms with Crippen molar-refractivity contribution in [2.45, 2.75) is 30.7 Å². The second-order valence-electron chi connectivity index (χ2n) is 6.07. The molecule has 0 radical (unpaired) electrons. The average Bonchev–Trinajstić information content (AvgIpc) is 2.99. The molecule has 2 aliphatic rings. The summed E-state index contributed by atoms with van der Waals surface area (Å²) >= 11 is 1.29. The molecule has 9 heteroatoms. The van der Waals surface area contributed by atoms with E-state index >= 15 is 0 Å². The number of aliphatic imine (C=N–C) groups is 1. The first-order chi connectivity index (χ1) is 11.8. The Morgan fingerprint density at radius 1 is 1.20 bits per heavy atom. The number of hydrogen-bond donors (Lipinski definition) is 0. The zero-order valence-electron chi connectivity index (χ0n) is 13.3. The first-order valence-corrected chi connectivity index (χ1v) is 10.5. The molecular weight excluding hydrogens is 364 g/mol. The van der Waals surface area contributed by atoms with Gasteiger partial charge in [-0.25, -0.2) is 8.42 Å². The number of carboxylic acid groups (broad SMARTS) is 1. The molecule has 2 aliphatic heterocycles. The van der Waals surface area contributed by atoms with Crippen molar-refractivity contribution in [1.29, 1.82) is 0 Å². The fourth-order valence-corrected chi connectivity index (χ4v) is 6.94. The molecule has 1 amide bonds. The Hall–Kier alpha value is -1.87. The highest BCUT2D eigenvalue weighted by molar-refractivity contribution is 8.15.